The van der Waals surface area contributed by atoms with Gasteiger partial charge in [-0.1, -0.05) is 43.3 Å². The number of methoxy groups -OCH3 is 1. The van der Waals surface area contributed by atoms with E-state index in [2.05, 4.69) is 11.3 Å². The Bertz CT molecular complexity index is 363. The van der Waals surface area contributed by atoms with Gasteiger partial charge in [0.25, 0.3) is 0 Å². The van der Waals surface area contributed by atoms with Crippen molar-refractivity contribution in [2.45, 2.75) is 19.8 Å². The highest BCUT2D eigenvalue weighted by Gasteiger charge is 2.16. The first-order chi connectivity index (χ1) is 7.06. The third kappa shape index (κ3) is 2.69. The quantitative estimate of drug-likeness (QED) is 0.559. The summed E-state index contributed by atoms with van der Waals surface area (Å²) in [5.41, 5.74) is 2.77. The minimum absolute atomic E-state index is 0.00181. The minimum Gasteiger partial charge on any atom is -0.466 e. The van der Waals surface area contributed by atoms with Crippen LogP contribution in [0.25, 0.3) is 0 Å². The summed E-state index contributed by atoms with van der Waals surface area (Å²) in [5, 5.41) is 0. The van der Waals surface area contributed by atoms with E-state index in [0.29, 0.717) is 5.57 Å². The Labute approximate surface area is 90.6 Å². The topological polar surface area (TPSA) is 26.3 Å². The van der Waals surface area contributed by atoms with E-state index in [1.165, 1.54) is 12.7 Å². The molecule has 1 aromatic rings. The second-order valence-electron chi connectivity index (χ2n) is 3.65. The van der Waals surface area contributed by atoms with Crippen LogP contribution in [0.1, 0.15) is 24.0 Å². The summed E-state index contributed by atoms with van der Waals surface area (Å²) in [4.78, 5) is 11.3. The van der Waals surface area contributed by atoms with Crippen molar-refractivity contribution < 1.29 is 9.53 Å². The summed E-state index contributed by atoms with van der Waals surface area (Å²) in [5.74, 6) is -0.346. The Kier molecular flexibility index (Phi) is 3.67. The highest BCUT2D eigenvalue weighted by atomic mass is 16.5. The van der Waals surface area contributed by atoms with Crippen LogP contribution >= 0.6 is 0 Å². The second-order valence-corrected chi connectivity index (χ2v) is 3.65. The molecule has 0 aromatic heterocycles. The van der Waals surface area contributed by atoms with E-state index in [0.717, 1.165) is 5.56 Å². The molecule has 0 fully saturated rings. The number of esters is 1. The molecule has 2 heteroatoms. The van der Waals surface area contributed by atoms with Crippen LogP contribution in [0.4, 0.5) is 0 Å². The molecule has 0 saturated carbocycles. The fourth-order valence-corrected chi connectivity index (χ4v) is 1.36. The van der Waals surface area contributed by atoms with Crippen LogP contribution in [0, 0.1) is 6.92 Å². The molecule has 1 rings (SSSR count). The van der Waals surface area contributed by atoms with Gasteiger partial charge in [-0.3, -0.25) is 0 Å². The fourth-order valence-electron chi connectivity index (χ4n) is 1.36. The molecule has 15 heavy (non-hydrogen) atoms. The van der Waals surface area contributed by atoms with Crippen LogP contribution in [0.2, 0.25) is 0 Å². The van der Waals surface area contributed by atoms with Gasteiger partial charge >= 0.3 is 5.97 Å². The van der Waals surface area contributed by atoms with E-state index in [4.69, 9.17) is 0 Å². The normalized spacial score (nSPS) is 11.9. The van der Waals surface area contributed by atoms with Gasteiger partial charge in [0.1, 0.15) is 0 Å². The van der Waals surface area contributed by atoms with E-state index < -0.39 is 0 Å². The van der Waals surface area contributed by atoms with Gasteiger partial charge in [-0.05, 0) is 12.5 Å². The number of hydrogen-bond donors (Lipinski definition) is 0. The lowest BCUT2D eigenvalue weighted by Gasteiger charge is -2.13. The molecule has 0 saturated heterocycles. The van der Waals surface area contributed by atoms with Crippen molar-refractivity contribution in [1.82, 2.24) is 0 Å². The summed E-state index contributed by atoms with van der Waals surface area (Å²) >= 11 is 0. The molecule has 0 heterocycles. The Morgan fingerprint density at radius 1 is 1.33 bits per heavy atom. The third-order valence-electron chi connectivity index (χ3n) is 2.55. The van der Waals surface area contributed by atoms with Crippen molar-refractivity contribution in [2.24, 2.45) is 0 Å². The third-order valence-corrected chi connectivity index (χ3v) is 2.55. The van der Waals surface area contributed by atoms with Crippen molar-refractivity contribution in [1.29, 1.82) is 0 Å². The number of rotatable bonds is 3. The van der Waals surface area contributed by atoms with Crippen molar-refractivity contribution in [2.75, 3.05) is 7.11 Å². The fraction of sp³-hybridized carbons (Fsp3) is 0.308. The van der Waals surface area contributed by atoms with Crippen molar-refractivity contribution in [3.63, 3.8) is 0 Å². The molecule has 1 aromatic carbocycles. The van der Waals surface area contributed by atoms with Crippen LogP contribution in [-0.2, 0) is 9.53 Å². The average molecular weight is 204 g/mol. The standard InChI is InChI=1S/C13H16O2/c1-9-5-7-12(8-6-9)10(2)11(3)13(14)15-4/h5-8,10H,3H2,1-2,4H3/t10-/m1/s1. The number of ether oxygens (including phenoxy) is 1. The van der Waals surface area contributed by atoms with Crippen molar-refractivity contribution >= 4 is 5.97 Å². The lowest BCUT2D eigenvalue weighted by Crippen LogP contribution is -2.09. The van der Waals surface area contributed by atoms with E-state index >= 15 is 0 Å². The van der Waals surface area contributed by atoms with Crippen LogP contribution in [0.15, 0.2) is 36.4 Å². The maximum atomic E-state index is 11.3. The highest BCUT2D eigenvalue weighted by Crippen LogP contribution is 2.23. The molecule has 0 aliphatic heterocycles. The average Bonchev–Trinajstić information content (AvgIpc) is 2.27. The zero-order valence-corrected chi connectivity index (χ0v) is 9.41. The van der Waals surface area contributed by atoms with Gasteiger partial charge in [0.15, 0.2) is 0 Å². The number of aryl methyl sites for hydroxylation is 1. The molecule has 0 radical (unpaired) electrons. The maximum absolute atomic E-state index is 11.3. The first-order valence-corrected chi connectivity index (χ1v) is 4.90. The Morgan fingerprint density at radius 3 is 2.33 bits per heavy atom. The smallest absolute Gasteiger partial charge is 0.333 e. The van der Waals surface area contributed by atoms with Gasteiger partial charge in [-0.2, -0.15) is 0 Å². The van der Waals surface area contributed by atoms with Crippen LogP contribution < -0.4 is 0 Å². The summed E-state index contributed by atoms with van der Waals surface area (Å²) in [6.07, 6.45) is 0. The molecule has 80 valence electrons. The van der Waals surface area contributed by atoms with E-state index in [-0.39, 0.29) is 11.9 Å². The minimum atomic E-state index is -0.344. The van der Waals surface area contributed by atoms with Crippen molar-refractivity contribution in [3.05, 3.63) is 47.5 Å². The lowest BCUT2D eigenvalue weighted by molar-refractivity contribution is -0.136. The summed E-state index contributed by atoms with van der Waals surface area (Å²) in [6, 6.07) is 8.06. The molecular weight excluding hydrogens is 188 g/mol. The molecule has 0 aliphatic carbocycles. The number of carbonyl (C=O) groups excluding carboxylic acids is 1. The number of hydrogen-bond acceptors (Lipinski definition) is 2. The first kappa shape index (κ1) is 11.5. The molecular formula is C13H16O2. The van der Waals surface area contributed by atoms with Crippen LogP contribution in [0.3, 0.4) is 0 Å². The van der Waals surface area contributed by atoms with Crippen LogP contribution in [-0.4, -0.2) is 13.1 Å². The SMILES string of the molecule is C=C(C(=O)OC)[C@@H](C)c1ccc(C)cc1. The van der Waals surface area contributed by atoms with E-state index in [9.17, 15) is 4.79 Å². The monoisotopic (exact) mass is 204 g/mol. The van der Waals surface area contributed by atoms with E-state index in [1.807, 2.05) is 38.1 Å². The largest absolute Gasteiger partial charge is 0.466 e. The van der Waals surface area contributed by atoms with Gasteiger partial charge in [-0.15, -0.1) is 0 Å². The Hall–Kier alpha value is -1.57. The van der Waals surface area contributed by atoms with Gasteiger partial charge in [0.2, 0.25) is 0 Å². The number of benzene rings is 1. The maximum Gasteiger partial charge on any atom is 0.333 e. The zero-order chi connectivity index (χ0) is 11.4. The molecule has 0 bridgehead atoms. The Morgan fingerprint density at radius 2 is 1.87 bits per heavy atom. The Balaban J connectivity index is 2.85. The van der Waals surface area contributed by atoms with Gasteiger partial charge in [0.05, 0.1) is 7.11 Å². The zero-order valence-electron chi connectivity index (χ0n) is 9.41. The molecule has 0 unspecified atom stereocenters. The molecule has 0 aliphatic rings. The van der Waals surface area contributed by atoms with Gasteiger partial charge in [0, 0.05) is 11.5 Å². The predicted octanol–water partition coefficient (Wildman–Crippen LogP) is 2.83. The van der Waals surface area contributed by atoms with E-state index in [1.54, 1.807) is 0 Å². The molecule has 0 spiro atoms. The highest BCUT2D eigenvalue weighted by molar-refractivity contribution is 5.89. The summed E-state index contributed by atoms with van der Waals surface area (Å²) < 4.78 is 4.64. The van der Waals surface area contributed by atoms with Crippen LogP contribution in [0.5, 0.6) is 0 Å². The predicted molar refractivity (Wildman–Crippen MR) is 60.8 cm³/mol. The number of carbonyl (C=O) groups is 1. The first-order valence-electron chi connectivity index (χ1n) is 4.90. The lowest BCUT2D eigenvalue weighted by atomic mass is 9.93. The van der Waals surface area contributed by atoms with Crippen molar-refractivity contribution in [3.8, 4) is 0 Å². The molecule has 0 N–H and O–H groups in total. The van der Waals surface area contributed by atoms with Gasteiger partial charge < -0.3 is 4.74 Å². The molecule has 2 nitrogen and oxygen atoms in total. The molecule has 1 atom stereocenters. The molecule has 0 amide bonds. The van der Waals surface area contributed by atoms with Gasteiger partial charge in [-0.25, -0.2) is 4.79 Å². The summed E-state index contributed by atoms with van der Waals surface area (Å²) in [6.45, 7) is 7.73. The summed E-state index contributed by atoms with van der Waals surface area (Å²) in [7, 11) is 1.37. The second kappa shape index (κ2) is 4.78.